The van der Waals surface area contributed by atoms with Gasteiger partial charge in [-0.15, -0.1) is 0 Å². The average molecular weight is 373 g/mol. The van der Waals surface area contributed by atoms with Gasteiger partial charge < -0.3 is 10.6 Å². The van der Waals surface area contributed by atoms with Crippen molar-refractivity contribution in [1.29, 1.82) is 0 Å². The maximum atomic E-state index is 12.5. The molecular formula is C18H14Cl2N4O. The van der Waals surface area contributed by atoms with E-state index in [-0.39, 0.29) is 5.91 Å². The SMILES string of the molecule is CNc1cc(-c2ncccc2Cl)ccc1C(=O)Nc1ccc(Cl)nc1. The molecular weight excluding hydrogens is 359 g/mol. The van der Waals surface area contributed by atoms with E-state index >= 15 is 0 Å². The summed E-state index contributed by atoms with van der Waals surface area (Å²) in [5.41, 5.74) is 3.20. The van der Waals surface area contributed by atoms with Gasteiger partial charge >= 0.3 is 0 Å². The minimum Gasteiger partial charge on any atom is -0.387 e. The molecule has 2 aromatic heterocycles. The molecule has 0 aliphatic rings. The number of nitrogens with zero attached hydrogens (tertiary/aromatic N) is 2. The lowest BCUT2D eigenvalue weighted by molar-refractivity contribution is 0.102. The van der Waals surface area contributed by atoms with Crippen LogP contribution in [0.25, 0.3) is 11.3 Å². The Labute approximate surface area is 155 Å². The Morgan fingerprint density at radius 2 is 1.92 bits per heavy atom. The summed E-state index contributed by atoms with van der Waals surface area (Å²) >= 11 is 11.9. The first-order valence-corrected chi connectivity index (χ1v) is 8.19. The van der Waals surface area contributed by atoms with E-state index in [1.54, 1.807) is 43.6 Å². The number of hydrogen-bond donors (Lipinski definition) is 2. The molecule has 3 aromatic rings. The van der Waals surface area contributed by atoms with E-state index in [1.807, 2.05) is 12.1 Å². The summed E-state index contributed by atoms with van der Waals surface area (Å²) in [6.45, 7) is 0. The molecule has 2 N–H and O–H groups in total. The molecule has 7 heteroatoms. The highest BCUT2D eigenvalue weighted by atomic mass is 35.5. The van der Waals surface area contributed by atoms with E-state index in [2.05, 4.69) is 20.6 Å². The highest BCUT2D eigenvalue weighted by Crippen LogP contribution is 2.29. The number of carbonyl (C=O) groups excluding carboxylic acids is 1. The maximum Gasteiger partial charge on any atom is 0.257 e. The van der Waals surface area contributed by atoms with Crippen molar-refractivity contribution in [3.05, 3.63) is 70.6 Å². The van der Waals surface area contributed by atoms with Gasteiger partial charge in [-0.3, -0.25) is 9.78 Å². The van der Waals surface area contributed by atoms with E-state index < -0.39 is 0 Å². The molecule has 0 bridgehead atoms. The number of amides is 1. The van der Waals surface area contributed by atoms with Gasteiger partial charge in [-0.05, 0) is 36.4 Å². The summed E-state index contributed by atoms with van der Waals surface area (Å²) in [7, 11) is 1.75. The minimum absolute atomic E-state index is 0.257. The molecule has 0 radical (unpaired) electrons. The highest BCUT2D eigenvalue weighted by Gasteiger charge is 2.14. The number of benzene rings is 1. The van der Waals surface area contributed by atoms with E-state index in [9.17, 15) is 4.79 Å². The van der Waals surface area contributed by atoms with Crippen molar-refractivity contribution in [2.24, 2.45) is 0 Å². The average Bonchev–Trinajstić information content (AvgIpc) is 2.63. The molecule has 0 saturated carbocycles. The number of aromatic nitrogens is 2. The van der Waals surface area contributed by atoms with Crippen molar-refractivity contribution >= 4 is 40.5 Å². The molecule has 0 aliphatic carbocycles. The van der Waals surface area contributed by atoms with Crippen molar-refractivity contribution in [1.82, 2.24) is 9.97 Å². The Kier molecular flexibility index (Phi) is 5.16. The second-order valence-electron chi connectivity index (χ2n) is 5.17. The fraction of sp³-hybridized carbons (Fsp3) is 0.0556. The van der Waals surface area contributed by atoms with E-state index in [0.717, 1.165) is 5.56 Å². The summed E-state index contributed by atoms with van der Waals surface area (Å²) < 4.78 is 0. The quantitative estimate of drug-likeness (QED) is 0.648. The molecule has 0 fully saturated rings. The lowest BCUT2D eigenvalue weighted by Crippen LogP contribution is -2.14. The zero-order chi connectivity index (χ0) is 17.8. The topological polar surface area (TPSA) is 66.9 Å². The largest absolute Gasteiger partial charge is 0.387 e. The maximum absolute atomic E-state index is 12.5. The molecule has 0 aliphatic heterocycles. The predicted octanol–water partition coefficient (Wildman–Crippen LogP) is 4.74. The first-order valence-electron chi connectivity index (χ1n) is 7.44. The molecule has 1 amide bonds. The van der Waals surface area contributed by atoms with Crippen LogP contribution >= 0.6 is 23.2 Å². The summed E-state index contributed by atoms with van der Waals surface area (Å²) in [4.78, 5) is 20.8. The van der Waals surface area contributed by atoms with Gasteiger partial charge in [0.2, 0.25) is 0 Å². The predicted molar refractivity (Wildman–Crippen MR) is 101 cm³/mol. The fourth-order valence-corrected chi connectivity index (χ4v) is 2.69. The Morgan fingerprint density at radius 3 is 2.60 bits per heavy atom. The monoisotopic (exact) mass is 372 g/mol. The van der Waals surface area contributed by atoms with Crippen LogP contribution < -0.4 is 10.6 Å². The Bertz CT molecular complexity index is 913. The van der Waals surface area contributed by atoms with Crippen molar-refractivity contribution in [2.45, 2.75) is 0 Å². The van der Waals surface area contributed by atoms with Crippen LogP contribution in [0.5, 0.6) is 0 Å². The van der Waals surface area contributed by atoms with Crippen LogP contribution in [-0.2, 0) is 0 Å². The first kappa shape index (κ1) is 17.2. The van der Waals surface area contributed by atoms with Crippen LogP contribution in [0.4, 0.5) is 11.4 Å². The zero-order valence-corrected chi connectivity index (χ0v) is 14.8. The van der Waals surface area contributed by atoms with Crippen molar-refractivity contribution in [2.75, 3.05) is 17.7 Å². The van der Waals surface area contributed by atoms with Crippen LogP contribution in [0, 0.1) is 0 Å². The Balaban J connectivity index is 1.90. The van der Waals surface area contributed by atoms with Crippen LogP contribution in [-0.4, -0.2) is 22.9 Å². The third kappa shape index (κ3) is 3.90. The highest BCUT2D eigenvalue weighted by molar-refractivity contribution is 6.33. The molecule has 0 unspecified atom stereocenters. The molecule has 0 saturated heterocycles. The molecule has 0 spiro atoms. The number of pyridine rings is 2. The van der Waals surface area contributed by atoms with Gasteiger partial charge in [0.1, 0.15) is 5.15 Å². The van der Waals surface area contributed by atoms with Crippen LogP contribution in [0.15, 0.2) is 54.9 Å². The third-order valence-electron chi connectivity index (χ3n) is 3.55. The van der Waals surface area contributed by atoms with Crippen molar-refractivity contribution < 1.29 is 4.79 Å². The normalized spacial score (nSPS) is 10.4. The molecule has 0 atom stereocenters. The van der Waals surface area contributed by atoms with Crippen molar-refractivity contribution in [3.63, 3.8) is 0 Å². The summed E-state index contributed by atoms with van der Waals surface area (Å²) in [6, 6.07) is 12.2. The Morgan fingerprint density at radius 1 is 1.08 bits per heavy atom. The second-order valence-corrected chi connectivity index (χ2v) is 5.96. The van der Waals surface area contributed by atoms with Crippen LogP contribution in [0.3, 0.4) is 0 Å². The summed E-state index contributed by atoms with van der Waals surface area (Å²) in [5, 5.41) is 6.74. The smallest absolute Gasteiger partial charge is 0.257 e. The number of anilines is 2. The molecule has 126 valence electrons. The summed E-state index contributed by atoms with van der Waals surface area (Å²) in [5.74, 6) is -0.257. The number of rotatable bonds is 4. The molecule has 5 nitrogen and oxygen atoms in total. The minimum atomic E-state index is -0.257. The second kappa shape index (κ2) is 7.51. The van der Waals surface area contributed by atoms with Gasteiger partial charge in [0.15, 0.2) is 0 Å². The van der Waals surface area contributed by atoms with Gasteiger partial charge in [-0.1, -0.05) is 29.3 Å². The fourth-order valence-electron chi connectivity index (χ4n) is 2.34. The molecule has 25 heavy (non-hydrogen) atoms. The van der Waals surface area contributed by atoms with Gasteiger partial charge in [0.25, 0.3) is 5.91 Å². The number of halogens is 2. The molecule has 1 aromatic carbocycles. The van der Waals surface area contributed by atoms with Gasteiger partial charge in [0, 0.05) is 24.5 Å². The molecule has 2 heterocycles. The lowest BCUT2D eigenvalue weighted by atomic mass is 10.1. The van der Waals surface area contributed by atoms with Gasteiger partial charge in [-0.25, -0.2) is 4.98 Å². The Hall–Kier alpha value is -2.63. The first-order chi connectivity index (χ1) is 12.1. The van der Waals surface area contributed by atoms with Gasteiger partial charge in [-0.2, -0.15) is 0 Å². The standard InChI is InChI=1S/C18H14Cl2N4O/c1-21-15-9-11(17-14(19)3-2-8-22-17)4-6-13(15)18(25)24-12-5-7-16(20)23-10-12/h2-10,21H,1H3,(H,24,25). The van der Waals surface area contributed by atoms with Crippen LogP contribution in [0.1, 0.15) is 10.4 Å². The van der Waals surface area contributed by atoms with Crippen LogP contribution in [0.2, 0.25) is 10.2 Å². The third-order valence-corrected chi connectivity index (χ3v) is 4.08. The summed E-state index contributed by atoms with van der Waals surface area (Å²) in [6.07, 6.45) is 3.18. The number of carbonyl (C=O) groups is 1. The number of nitrogens with one attached hydrogen (secondary N) is 2. The molecule has 3 rings (SSSR count). The van der Waals surface area contributed by atoms with E-state index in [4.69, 9.17) is 23.2 Å². The van der Waals surface area contributed by atoms with Crippen molar-refractivity contribution in [3.8, 4) is 11.3 Å². The van der Waals surface area contributed by atoms with E-state index in [1.165, 1.54) is 6.20 Å². The van der Waals surface area contributed by atoms with E-state index in [0.29, 0.717) is 32.8 Å². The lowest BCUT2D eigenvalue weighted by Gasteiger charge is -2.12. The zero-order valence-electron chi connectivity index (χ0n) is 13.3. The number of hydrogen-bond acceptors (Lipinski definition) is 4. The van der Waals surface area contributed by atoms with Gasteiger partial charge in [0.05, 0.1) is 28.2 Å².